The maximum Gasteiger partial charge on any atom is 0.123 e. The normalized spacial score (nSPS) is 14.1. The van der Waals surface area contributed by atoms with Crippen molar-refractivity contribution in [2.45, 2.75) is 20.0 Å². The van der Waals surface area contributed by atoms with Crippen LogP contribution >= 0.6 is 0 Å². The smallest absolute Gasteiger partial charge is 0.123 e. The Morgan fingerprint density at radius 3 is 2.43 bits per heavy atom. The van der Waals surface area contributed by atoms with Gasteiger partial charge < -0.3 is 5.11 Å². The van der Waals surface area contributed by atoms with Crippen LogP contribution in [0, 0.1) is 5.82 Å². The summed E-state index contributed by atoms with van der Waals surface area (Å²) < 4.78 is 12.6. The molecule has 0 aliphatic rings. The number of hydrogen-bond acceptors (Lipinski definition) is 2. The van der Waals surface area contributed by atoms with Gasteiger partial charge >= 0.3 is 0 Å². The summed E-state index contributed by atoms with van der Waals surface area (Å²) >= 11 is 0. The first-order valence-electron chi connectivity index (χ1n) is 4.63. The fourth-order valence-electron chi connectivity index (χ4n) is 1.26. The molecule has 2 nitrogen and oxygen atoms in total. The fraction of sp³-hybridized carbons (Fsp3) is 0.364. The highest BCUT2D eigenvalue weighted by Crippen LogP contribution is 2.07. The van der Waals surface area contributed by atoms with E-state index in [1.807, 2.05) is 6.92 Å². The minimum absolute atomic E-state index is 0.282. The molecule has 0 radical (unpaired) electrons. The minimum atomic E-state index is -0.625. The molecule has 76 valence electrons. The highest BCUT2D eigenvalue weighted by Gasteiger charge is 2.08. The lowest BCUT2D eigenvalue weighted by Gasteiger charge is -2.09. The second-order valence-corrected chi connectivity index (χ2v) is 3.04. The van der Waals surface area contributed by atoms with Crippen LogP contribution in [0.25, 0.3) is 0 Å². The molecule has 14 heavy (non-hydrogen) atoms. The van der Waals surface area contributed by atoms with Gasteiger partial charge in [-0.15, -0.1) is 0 Å². The van der Waals surface area contributed by atoms with Crippen molar-refractivity contribution in [1.82, 2.24) is 0 Å². The van der Waals surface area contributed by atoms with Gasteiger partial charge in [0.25, 0.3) is 0 Å². The van der Waals surface area contributed by atoms with Crippen molar-refractivity contribution in [2.24, 2.45) is 4.99 Å². The van der Waals surface area contributed by atoms with E-state index in [0.29, 0.717) is 12.3 Å². The lowest BCUT2D eigenvalue weighted by atomic mass is 10.1. The van der Waals surface area contributed by atoms with E-state index in [1.165, 1.54) is 12.1 Å². The molecule has 3 heteroatoms. The Labute approximate surface area is 83.1 Å². The summed E-state index contributed by atoms with van der Waals surface area (Å²) in [5.74, 6) is -0.282. The lowest BCUT2D eigenvalue weighted by molar-refractivity contribution is 0.262. The average Bonchev–Trinajstić information content (AvgIpc) is 2.15. The lowest BCUT2D eigenvalue weighted by Crippen LogP contribution is -2.18. The molecule has 1 aromatic rings. The molecule has 0 saturated heterocycles. The Balaban J connectivity index is 3.00. The molecule has 0 fully saturated rings. The van der Waals surface area contributed by atoms with Crippen molar-refractivity contribution in [3.8, 4) is 0 Å². The largest absolute Gasteiger partial charge is 0.387 e. The second kappa shape index (κ2) is 4.86. The fourth-order valence-corrected chi connectivity index (χ4v) is 1.26. The summed E-state index contributed by atoms with van der Waals surface area (Å²) in [7, 11) is 0. The Morgan fingerprint density at radius 2 is 2.00 bits per heavy atom. The average molecular weight is 195 g/mol. The maximum absolute atomic E-state index is 12.6. The molecule has 1 N–H and O–H groups in total. The van der Waals surface area contributed by atoms with E-state index >= 15 is 0 Å². The van der Waals surface area contributed by atoms with E-state index in [4.69, 9.17) is 0 Å². The molecular weight excluding hydrogens is 181 g/mol. The Kier molecular flexibility index (Phi) is 3.77. The van der Waals surface area contributed by atoms with Gasteiger partial charge in [-0.2, -0.15) is 0 Å². The van der Waals surface area contributed by atoms with Gasteiger partial charge in [-0.25, -0.2) is 4.39 Å². The number of aliphatic imine (C=N–C) groups is 1. The van der Waals surface area contributed by atoms with Crippen LogP contribution in [0.15, 0.2) is 29.3 Å². The summed E-state index contributed by atoms with van der Waals surface area (Å²) in [5.41, 5.74) is 1.37. The number of aliphatic hydroxyl groups is 1. The van der Waals surface area contributed by atoms with E-state index in [-0.39, 0.29) is 5.82 Å². The standard InChI is InChI=1S/C11H14FNO/c1-3-13-11(8(2)14)9-4-6-10(12)7-5-9/h4-8,14H,3H2,1-2H3. The monoisotopic (exact) mass is 195 g/mol. The Morgan fingerprint density at radius 1 is 1.43 bits per heavy atom. The molecule has 0 aliphatic heterocycles. The molecule has 0 amide bonds. The second-order valence-electron chi connectivity index (χ2n) is 3.04. The van der Waals surface area contributed by atoms with E-state index in [9.17, 15) is 9.50 Å². The zero-order valence-electron chi connectivity index (χ0n) is 8.37. The van der Waals surface area contributed by atoms with E-state index in [1.54, 1.807) is 19.1 Å². The van der Waals surface area contributed by atoms with Crippen molar-refractivity contribution in [3.05, 3.63) is 35.6 Å². The highest BCUT2D eigenvalue weighted by atomic mass is 19.1. The summed E-state index contributed by atoms with van der Waals surface area (Å²) in [5, 5.41) is 9.44. The first-order valence-corrected chi connectivity index (χ1v) is 4.63. The Bertz CT molecular complexity index is 317. The van der Waals surface area contributed by atoms with Gasteiger partial charge in [-0.1, -0.05) is 12.1 Å². The Hall–Kier alpha value is -1.22. The molecule has 1 unspecified atom stereocenters. The van der Waals surface area contributed by atoms with Crippen LogP contribution in [-0.2, 0) is 0 Å². The predicted octanol–water partition coefficient (Wildman–Crippen LogP) is 2.02. The van der Waals surface area contributed by atoms with Crippen LogP contribution in [0.2, 0.25) is 0 Å². The van der Waals surface area contributed by atoms with Gasteiger partial charge in [0.15, 0.2) is 0 Å². The van der Waals surface area contributed by atoms with E-state index in [2.05, 4.69) is 4.99 Å². The van der Waals surface area contributed by atoms with Crippen LogP contribution in [0.4, 0.5) is 4.39 Å². The molecular formula is C11H14FNO. The van der Waals surface area contributed by atoms with Gasteiger partial charge in [0.05, 0.1) is 11.8 Å². The third-order valence-corrected chi connectivity index (χ3v) is 1.86. The highest BCUT2D eigenvalue weighted by molar-refractivity contribution is 6.03. The van der Waals surface area contributed by atoms with Crippen molar-refractivity contribution in [3.63, 3.8) is 0 Å². The van der Waals surface area contributed by atoms with E-state index in [0.717, 1.165) is 5.56 Å². The van der Waals surface area contributed by atoms with E-state index < -0.39 is 6.10 Å². The van der Waals surface area contributed by atoms with Crippen LogP contribution in [0.5, 0.6) is 0 Å². The number of halogens is 1. The number of aliphatic hydroxyl groups excluding tert-OH is 1. The minimum Gasteiger partial charge on any atom is -0.387 e. The molecule has 1 rings (SSSR count). The van der Waals surface area contributed by atoms with Crippen molar-refractivity contribution < 1.29 is 9.50 Å². The SMILES string of the molecule is CCN=C(c1ccc(F)cc1)C(C)O. The molecule has 0 aliphatic carbocycles. The van der Waals surface area contributed by atoms with Crippen molar-refractivity contribution >= 4 is 5.71 Å². The predicted molar refractivity (Wildman–Crippen MR) is 55.2 cm³/mol. The zero-order valence-corrected chi connectivity index (χ0v) is 8.37. The maximum atomic E-state index is 12.6. The summed E-state index contributed by atoms with van der Waals surface area (Å²) in [6.07, 6.45) is -0.625. The summed E-state index contributed by atoms with van der Waals surface area (Å²) in [6.45, 7) is 4.15. The van der Waals surface area contributed by atoms with Gasteiger partial charge in [0, 0.05) is 6.54 Å². The van der Waals surface area contributed by atoms with Gasteiger partial charge in [0.1, 0.15) is 5.82 Å². The first-order chi connectivity index (χ1) is 6.65. The number of nitrogens with zero attached hydrogens (tertiary/aromatic N) is 1. The zero-order chi connectivity index (χ0) is 10.6. The van der Waals surface area contributed by atoms with Crippen molar-refractivity contribution in [2.75, 3.05) is 6.54 Å². The summed E-state index contributed by atoms with van der Waals surface area (Å²) in [6, 6.07) is 5.97. The van der Waals surface area contributed by atoms with Crippen LogP contribution in [0.1, 0.15) is 19.4 Å². The van der Waals surface area contributed by atoms with Crippen LogP contribution in [-0.4, -0.2) is 23.5 Å². The quantitative estimate of drug-likeness (QED) is 0.735. The number of hydrogen-bond donors (Lipinski definition) is 1. The first kappa shape index (κ1) is 10.9. The molecule has 0 aromatic heterocycles. The van der Waals surface area contributed by atoms with Gasteiger partial charge in [0.2, 0.25) is 0 Å². The summed E-state index contributed by atoms with van der Waals surface area (Å²) in [4.78, 5) is 4.17. The molecule has 0 heterocycles. The van der Waals surface area contributed by atoms with Gasteiger partial charge in [-0.05, 0) is 31.5 Å². The molecule has 1 atom stereocenters. The molecule has 0 spiro atoms. The topological polar surface area (TPSA) is 32.6 Å². The number of benzene rings is 1. The van der Waals surface area contributed by atoms with Crippen molar-refractivity contribution in [1.29, 1.82) is 0 Å². The molecule has 1 aromatic carbocycles. The molecule has 0 saturated carbocycles. The third kappa shape index (κ3) is 2.64. The third-order valence-electron chi connectivity index (χ3n) is 1.86. The van der Waals surface area contributed by atoms with Crippen LogP contribution < -0.4 is 0 Å². The van der Waals surface area contributed by atoms with Gasteiger partial charge in [-0.3, -0.25) is 4.99 Å². The molecule has 0 bridgehead atoms. The van der Waals surface area contributed by atoms with Crippen LogP contribution in [0.3, 0.4) is 0 Å². The number of rotatable bonds is 3.